The third-order valence-corrected chi connectivity index (χ3v) is 4.49. The lowest BCUT2D eigenvalue weighted by atomic mass is 10.1. The first-order valence-electron chi connectivity index (χ1n) is 6.70. The van der Waals surface area contributed by atoms with Crippen molar-refractivity contribution in [2.24, 2.45) is 5.73 Å². The molecule has 0 radical (unpaired) electrons. The average molecular weight is 314 g/mol. The van der Waals surface area contributed by atoms with Crippen LogP contribution < -0.4 is 5.73 Å². The van der Waals surface area contributed by atoms with Crippen LogP contribution in [0.25, 0.3) is 10.8 Å². The number of nitrogens with zero attached hydrogens (tertiary/aromatic N) is 2. The molecule has 110 valence electrons. The van der Waals surface area contributed by atoms with Crippen LogP contribution in [0.15, 0.2) is 21.9 Å². The topological polar surface area (TPSA) is 55.3 Å². The van der Waals surface area contributed by atoms with E-state index in [1.165, 1.54) is 0 Å². The largest absolute Gasteiger partial charge is 0.440 e. The van der Waals surface area contributed by atoms with Crippen LogP contribution in [-0.4, -0.2) is 29.0 Å². The zero-order valence-electron chi connectivity index (χ0n) is 11.5. The summed E-state index contributed by atoms with van der Waals surface area (Å²) in [4.78, 5) is 8.14. The van der Waals surface area contributed by atoms with Gasteiger partial charge in [-0.3, -0.25) is 4.90 Å². The molecule has 1 aliphatic heterocycles. The Balaban J connectivity index is 0.00000147. The van der Waals surface area contributed by atoms with Gasteiger partial charge in [0.1, 0.15) is 5.76 Å². The molecule has 3 heterocycles. The van der Waals surface area contributed by atoms with Crippen LogP contribution in [0.2, 0.25) is 0 Å². The Hall–Kier alpha value is -0.880. The molecule has 1 fully saturated rings. The standard InChI is InChI=1S/C14H19N3OS.ClH/c1-10-12(9-17-6-4-11(15)5-7-17)16-14(18-10)13-3-2-8-19-13;/h2-3,8,11H,4-7,9,15H2,1H3;1H. The van der Waals surface area contributed by atoms with Crippen LogP contribution in [0.4, 0.5) is 0 Å². The SMILES string of the molecule is Cc1oc(-c2cccs2)nc1CN1CCC(N)CC1.Cl. The smallest absolute Gasteiger partial charge is 0.236 e. The van der Waals surface area contributed by atoms with Crippen molar-refractivity contribution in [2.75, 3.05) is 13.1 Å². The van der Waals surface area contributed by atoms with Gasteiger partial charge in [-0.2, -0.15) is 0 Å². The predicted molar refractivity (Wildman–Crippen MR) is 84.3 cm³/mol. The highest BCUT2D eigenvalue weighted by Gasteiger charge is 2.19. The molecule has 4 nitrogen and oxygen atoms in total. The van der Waals surface area contributed by atoms with Gasteiger partial charge >= 0.3 is 0 Å². The van der Waals surface area contributed by atoms with E-state index in [1.54, 1.807) is 11.3 Å². The number of rotatable bonds is 3. The van der Waals surface area contributed by atoms with E-state index in [4.69, 9.17) is 10.2 Å². The van der Waals surface area contributed by atoms with Crippen LogP contribution in [0.1, 0.15) is 24.3 Å². The lowest BCUT2D eigenvalue weighted by molar-refractivity contribution is 0.203. The molecule has 2 aromatic heterocycles. The molecular weight excluding hydrogens is 294 g/mol. The number of piperidine rings is 1. The number of aryl methyl sites for hydroxylation is 1. The molecule has 2 N–H and O–H groups in total. The Kier molecular flexibility index (Phi) is 5.21. The maximum atomic E-state index is 5.93. The van der Waals surface area contributed by atoms with E-state index in [2.05, 4.69) is 9.88 Å². The first-order chi connectivity index (χ1) is 9.22. The van der Waals surface area contributed by atoms with Crippen molar-refractivity contribution in [3.8, 4) is 10.8 Å². The van der Waals surface area contributed by atoms with E-state index in [1.807, 2.05) is 24.4 Å². The Bertz CT molecular complexity index is 533. The second-order valence-electron chi connectivity index (χ2n) is 5.11. The van der Waals surface area contributed by atoms with E-state index in [0.29, 0.717) is 6.04 Å². The van der Waals surface area contributed by atoms with Crippen LogP contribution >= 0.6 is 23.7 Å². The van der Waals surface area contributed by atoms with Crippen LogP contribution in [0.3, 0.4) is 0 Å². The van der Waals surface area contributed by atoms with Gasteiger partial charge in [0, 0.05) is 25.7 Å². The second-order valence-corrected chi connectivity index (χ2v) is 6.06. The summed E-state index contributed by atoms with van der Waals surface area (Å²) in [5.41, 5.74) is 6.98. The Morgan fingerprint density at radius 1 is 1.45 bits per heavy atom. The normalized spacial score (nSPS) is 17.1. The Labute approximate surface area is 129 Å². The average Bonchev–Trinajstić information content (AvgIpc) is 3.03. The monoisotopic (exact) mass is 313 g/mol. The molecule has 0 spiro atoms. The summed E-state index contributed by atoms with van der Waals surface area (Å²) in [5.74, 6) is 1.68. The summed E-state index contributed by atoms with van der Waals surface area (Å²) in [6.07, 6.45) is 2.16. The summed E-state index contributed by atoms with van der Waals surface area (Å²) in [6.45, 7) is 4.98. The molecule has 20 heavy (non-hydrogen) atoms. The van der Waals surface area contributed by atoms with Gasteiger partial charge < -0.3 is 10.2 Å². The molecule has 0 saturated carbocycles. The third-order valence-electron chi connectivity index (χ3n) is 3.63. The van der Waals surface area contributed by atoms with E-state index >= 15 is 0 Å². The van der Waals surface area contributed by atoms with Crippen molar-refractivity contribution in [3.05, 3.63) is 29.0 Å². The van der Waals surface area contributed by atoms with Crippen LogP contribution in [-0.2, 0) is 6.54 Å². The summed E-state index contributed by atoms with van der Waals surface area (Å²) in [6, 6.07) is 4.43. The first kappa shape index (κ1) is 15.5. The Morgan fingerprint density at radius 2 is 2.20 bits per heavy atom. The lowest BCUT2D eigenvalue weighted by Crippen LogP contribution is -2.39. The molecule has 1 saturated heterocycles. The molecule has 0 aliphatic carbocycles. The van der Waals surface area contributed by atoms with Gasteiger partial charge in [-0.15, -0.1) is 23.7 Å². The maximum Gasteiger partial charge on any atom is 0.236 e. The van der Waals surface area contributed by atoms with Gasteiger partial charge in [0.25, 0.3) is 0 Å². The fourth-order valence-corrected chi connectivity index (χ4v) is 3.05. The van der Waals surface area contributed by atoms with Crippen LogP contribution in [0.5, 0.6) is 0 Å². The lowest BCUT2D eigenvalue weighted by Gasteiger charge is -2.29. The van der Waals surface area contributed by atoms with Gasteiger partial charge in [0.15, 0.2) is 0 Å². The number of nitrogens with two attached hydrogens (primary N) is 1. The molecule has 3 rings (SSSR count). The number of halogens is 1. The van der Waals surface area contributed by atoms with Crippen molar-refractivity contribution < 1.29 is 4.42 Å². The molecule has 0 atom stereocenters. The summed E-state index contributed by atoms with van der Waals surface area (Å²) < 4.78 is 5.77. The highest BCUT2D eigenvalue weighted by atomic mass is 35.5. The minimum atomic E-state index is 0. The molecule has 0 amide bonds. The number of aromatic nitrogens is 1. The van der Waals surface area contributed by atoms with Crippen molar-refractivity contribution >= 4 is 23.7 Å². The molecule has 2 aromatic rings. The van der Waals surface area contributed by atoms with Crippen LogP contribution in [0, 0.1) is 6.92 Å². The first-order valence-corrected chi connectivity index (χ1v) is 7.58. The number of likely N-dealkylation sites (tertiary alicyclic amines) is 1. The number of thiophene rings is 1. The fraction of sp³-hybridized carbons (Fsp3) is 0.500. The van der Waals surface area contributed by atoms with E-state index in [-0.39, 0.29) is 12.4 Å². The number of hydrogen-bond acceptors (Lipinski definition) is 5. The molecule has 0 unspecified atom stereocenters. The minimum absolute atomic E-state index is 0. The van der Waals surface area contributed by atoms with Gasteiger partial charge in [-0.1, -0.05) is 6.07 Å². The zero-order valence-corrected chi connectivity index (χ0v) is 13.2. The Morgan fingerprint density at radius 3 is 2.85 bits per heavy atom. The van der Waals surface area contributed by atoms with E-state index in [0.717, 1.165) is 54.7 Å². The van der Waals surface area contributed by atoms with Crippen molar-refractivity contribution in [2.45, 2.75) is 32.4 Å². The number of oxazole rings is 1. The second kappa shape index (κ2) is 6.72. The zero-order chi connectivity index (χ0) is 13.2. The van der Waals surface area contributed by atoms with Crippen molar-refractivity contribution in [3.63, 3.8) is 0 Å². The maximum absolute atomic E-state index is 5.93. The minimum Gasteiger partial charge on any atom is -0.440 e. The summed E-state index contributed by atoms with van der Waals surface area (Å²) in [5, 5.41) is 2.04. The van der Waals surface area contributed by atoms with Gasteiger partial charge in [0.05, 0.1) is 10.6 Å². The third kappa shape index (κ3) is 3.41. The van der Waals surface area contributed by atoms with E-state index in [9.17, 15) is 0 Å². The summed E-state index contributed by atoms with van der Waals surface area (Å²) in [7, 11) is 0. The quantitative estimate of drug-likeness (QED) is 0.946. The van der Waals surface area contributed by atoms with E-state index < -0.39 is 0 Å². The number of hydrogen-bond donors (Lipinski definition) is 1. The van der Waals surface area contributed by atoms with Gasteiger partial charge in [-0.05, 0) is 31.2 Å². The molecule has 0 aromatic carbocycles. The predicted octanol–water partition coefficient (Wildman–Crippen LogP) is 3.06. The van der Waals surface area contributed by atoms with Crippen molar-refractivity contribution in [1.82, 2.24) is 9.88 Å². The molecular formula is C14H20ClN3OS. The van der Waals surface area contributed by atoms with Gasteiger partial charge in [0.2, 0.25) is 5.89 Å². The summed E-state index contributed by atoms with van der Waals surface area (Å²) >= 11 is 1.66. The fourth-order valence-electron chi connectivity index (χ4n) is 2.40. The van der Waals surface area contributed by atoms with Gasteiger partial charge in [-0.25, -0.2) is 4.98 Å². The van der Waals surface area contributed by atoms with Crippen molar-refractivity contribution in [1.29, 1.82) is 0 Å². The highest BCUT2D eigenvalue weighted by molar-refractivity contribution is 7.13. The highest BCUT2D eigenvalue weighted by Crippen LogP contribution is 2.26. The molecule has 0 bridgehead atoms. The molecule has 6 heteroatoms. The molecule has 1 aliphatic rings.